The van der Waals surface area contributed by atoms with E-state index in [1.807, 2.05) is 17.9 Å². The first-order valence-corrected chi connectivity index (χ1v) is 5.61. The zero-order chi connectivity index (χ0) is 13.7. The molecule has 18 heavy (non-hydrogen) atoms. The number of carbonyl (C=O) groups excluding carboxylic acids is 1. The van der Waals surface area contributed by atoms with Crippen molar-refractivity contribution in [2.45, 2.75) is 26.4 Å². The van der Waals surface area contributed by atoms with Crippen LogP contribution in [0, 0.1) is 6.92 Å². The molecule has 2 N–H and O–H groups in total. The van der Waals surface area contributed by atoms with Gasteiger partial charge < -0.3 is 14.8 Å². The van der Waals surface area contributed by atoms with E-state index in [0.717, 1.165) is 11.3 Å². The predicted molar refractivity (Wildman–Crippen MR) is 65.0 cm³/mol. The third-order valence-corrected chi connectivity index (χ3v) is 2.58. The topological polar surface area (TPSA) is 82.8 Å². The van der Waals surface area contributed by atoms with Crippen molar-refractivity contribution in [3.05, 3.63) is 23.7 Å². The molecule has 6 nitrogen and oxygen atoms in total. The van der Waals surface area contributed by atoms with Gasteiger partial charge in [0.15, 0.2) is 0 Å². The number of aryl methyl sites for hydroxylation is 1. The Labute approximate surface area is 106 Å². The van der Waals surface area contributed by atoms with E-state index in [-0.39, 0.29) is 12.5 Å². The summed E-state index contributed by atoms with van der Waals surface area (Å²) in [5.74, 6) is -0.579. The van der Waals surface area contributed by atoms with Gasteiger partial charge in [-0.3, -0.25) is 9.69 Å². The Bertz CT molecular complexity index is 427. The average Bonchev–Trinajstić information content (AvgIpc) is 2.62. The van der Waals surface area contributed by atoms with Gasteiger partial charge in [0.1, 0.15) is 11.8 Å². The molecule has 1 unspecified atom stereocenters. The normalized spacial score (nSPS) is 12.4. The molecular formula is C12H18N2O4. The fraction of sp³-hybridized carbons (Fsp3) is 0.500. The molecule has 0 saturated heterocycles. The SMILES string of the molecule is CC(=O)NC(CN(C)Cc1ccoc1C)C(=O)O. The van der Waals surface area contributed by atoms with E-state index in [4.69, 9.17) is 9.52 Å². The van der Waals surface area contributed by atoms with E-state index in [2.05, 4.69) is 5.32 Å². The van der Waals surface area contributed by atoms with Crippen LogP contribution >= 0.6 is 0 Å². The Hall–Kier alpha value is -1.82. The van der Waals surface area contributed by atoms with Gasteiger partial charge in [-0.15, -0.1) is 0 Å². The largest absolute Gasteiger partial charge is 0.480 e. The second kappa shape index (κ2) is 6.20. The van der Waals surface area contributed by atoms with Crippen LogP contribution in [0.3, 0.4) is 0 Å². The van der Waals surface area contributed by atoms with Gasteiger partial charge >= 0.3 is 5.97 Å². The lowest BCUT2D eigenvalue weighted by Gasteiger charge is -2.21. The molecule has 1 aromatic rings. The summed E-state index contributed by atoms with van der Waals surface area (Å²) in [7, 11) is 1.80. The lowest BCUT2D eigenvalue weighted by Crippen LogP contribution is -2.46. The van der Waals surface area contributed by atoms with Crippen LogP contribution in [-0.2, 0) is 16.1 Å². The molecule has 0 aliphatic heterocycles. The van der Waals surface area contributed by atoms with E-state index in [1.165, 1.54) is 6.92 Å². The Morgan fingerprint density at radius 1 is 1.56 bits per heavy atom. The van der Waals surface area contributed by atoms with Crippen LogP contribution in [0.2, 0.25) is 0 Å². The first-order chi connectivity index (χ1) is 8.40. The molecule has 0 aliphatic carbocycles. The van der Waals surface area contributed by atoms with E-state index < -0.39 is 12.0 Å². The van der Waals surface area contributed by atoms with Crippen LogP contribution in [0.4, 0.5) is 0 Å². The molecule has 1 atom stereocenters. The molecule has 0 bridgehead atoms. The van der Waals surface area contributed by atoms with Gasteiger partial charge in [0, 0.05) is 25.6 Å². The molecule has 0 aliphatic rings. The second-order valence-electron chi connectivity index (χ2n) is 4.29. The maximum Gasteiger partial charge on any atom is 0.327 e. The molecule has 1 heterocycles. The van der Waals surface area contributed by atoms with Gasteiger partial charge in [-0.2, -0.15) is 0 Å². The number of likely N-dealkylation sites (N-methyl/N-ethyl adjacent to an activating group) is 1. The number of furan rings is 1. The second-order valence-corrected chi connectivity index (χ2v) is 4.29. The molecule has 0 saturated carbocycles. The third kappa shape index (κ3) is 4.21. The number of aliphatic carboxylic acids is 1. The third-order valence-electron chi connectivity index (χ3n) is 2.58. The molecule has 0 fully saturated rings. The molecule has 0 spiro atoms. The van der Waals surface area contributed by atoms with E-state index in [0.29, 0.717) is 6.54 Å². The Kier molecular flexibility index (Phi) is 4.91. The molecule has 1 rings (SSSR count). The molecule has 0 aromatic carbocycles. The number of nitrogens with one attached hydrogen (secondary N) is 1. The highest BCUT2D eigenvalue weighted by Gasteiger charge is 2.20. The van der Waals surface area contributed by atoms with Gasteiger partial charge in [0.25, 0.3) is 0 Å². The Morgan fingerprint density at radius 3 is 2.67 bits per heavy atom. The summed E-state index contributed by atoms with van der Waals surface area (Å²) < 4.78 is 5.17. The number of rotatable bonds is 6. The van der Waals surface area contributed by atoms with Crippen molar-refractivity contribution in [3.8, 4) is 0 Å². The fourth-order valence-corrected chi connectivity index (χ4v) is 1.67. The van der Waals surface area contributed by atoms with Crippen LogP contribution in [-0.4, -0.2) is 41.5 Å². The van der Waals surface area contributed by atoms with Crippen molar-refractivity contribution in [1.82, 2.24) is 10.2 Å². The number of hydrogen-bond donors (Lipinski definition) is 2. The van der Waals surface area contributed by atoms with Crippen molar-refractivity contribution in [2.75, 3.05) is 13.6 Å². The van der Waals surface area contributed by atoms with Crippen molar-refractivity contribution < 1.29 is 19.1 Å². The summed E-state index contributed by atoms with van der Waals surface area (Å²) in [6.07, 6.45) is 1.60. The number of carboxylic acid groups (broad SMARTS) is 1. The molecule has 100 valence electrons. The minimum atomic E-state index is -1.04. The van der Waals surface area contributed by atoms with Crippen molar-refractivity contribution in [1.29, 1.82) is 0 Å². The van der Waals surface area contributed by atoms with E-state index in [1.54, 1.807) is 13.3 Å². The van der Waals surface area contributed by atoms with Crippen molar-refractivity contribution in [3.63, 3.8) is 0 Å². The first kappa shape index (κ1) is 14.2. The lowest BCUT2D eigenvalue weighted by molar-refractivity contribution is -0.142. The molecule has 1 amide bonds. The highest BCUT2D eigenvalue weighted by Crippen LogP contribution is 2.11. The zero-order valence-electron chi connectivity index (χ0n) is 10.8. The van der Waals surface area contributed by atoms with Crippen LogP contribution in [0.5, 0.6) is 0 Å². The molecule has 0 radical (unpaired) electrons. The van der Waals surface area contributed by atoms with Gasteiger partial charge in [0.05, 0.1) is 6.26 Å². The number of nitrogens with zero attached hydrogens (tertiary/aromatic N) is 1. The van der Waals surface area contributed by atoms with Crippen molar-refractivity contribution in [2.24, 2.45) is 0 Å². The monoisotopic (exact) mass is 254 g/mol. The number of amides is 1. The summed E-state index contributed by atoms with van der Waals surface area (Å²) in [6, 6.07) is 0.944. The number of carboxylic acids is 1. The van der Waals surface area contributed by atoms with Crippen molar-refractivity contribution >= 4 is 11.9 Å². The van der Waals surface area contributed by atoms with Crippen LogP contribution in [0.25, 0.3) is 0 Å². The minimum absolute atomic E-state index is 0.236. The van der Waals surface area contributed by atoms with Gasteiger partial charge in [0.2, 0.25) is 5.91 Å². The summed E-state index contributed by atoms with van der Waals surface area (Å²) >= 11 is 0. The van der Waals surface area contributed by atoms with Gasteiger partial charge in [-0.05, 0) is 20.0 Å². The number of carbonyl (C=O) groups is 2. The highest BCUT2D eigenvalue weighted by molar-refractivity contribution is 5.82. The average molecular weight is 254 g/mol. The predicted octanol–water partition coefficient (Wildman–Crippen LogP) is 0.609. The fourth-order valence-electron chi connectivity index (χ4n) is 1.67. The van der Waals surface area contributed by atoms with E-state index in [9.17, 15) is 9.59 Å². The lowest BCUT2D eigenvalue weighted by atomic mass is 10.2. The maximum atomic E-state index is 11.0. The standard InChI is InChI=1S/C12H18N2O4/c1-8-10(4-5-18-8)6-14(3)7-11(12(16)17)13-9(2)15/h4-5,11H,6-7H2,1-3H3,(H,13,15)(H,16,17). The number of hydrogen-bond acceptors (Lipinski definition) is 4. The van der Waals surface area contributed by atoms with Gasteiger partial charge in [-0.25, -0.2) is 4.79 Å². The summed E-state index contributed by atoms with van der Waals surface area (Å²) in [6.45, 7) is 3.97. The minimum Gasteiger partial charge on any atom is -0.480 e. The zero-order valence-corrected chi connectivity index (χ0v) is 10.8. The molecule has 6 heteroatoms. The van der Waals surface area contributed by atoms with Crippen LogP contribution < -0.4 is 5.32 Å². The van der Waals surface area contributed by atoms with E-state index >= 15 is 0 Å². The Balaban J connectivity index is 2.56. The quantitative estimate of drug-likeness (QED) is 0.777. The Morgan fingerprint density at radius 2 is 2.22 bits per heavy atom. The summed E-state index contributed by atoms with van der Waals surface area (Å²) in [5, 5.41) is 11.4. The van der Waals surface area contributed by atoms with Gasteiger partial charge in [-0.1, -0.05) is 0 Å². The smallest absolute Gasteiger partial charge is 0.327 e. The summed E-state index contributed by atoms with van der Waals surface area (Å²) in [5.41, 5.74) is 1.00. The van der Waals surface area contributed by atoms with Crippen LogP contribution in [0.1, 0.15) is 18.2 Å². The molecular weight excluding hydrogens is 236 g/mol. The molecule has 1 aromatic heterocycles. The highest BCUT2D eigenvalue weighted by atomic mass is 16.4. The first-order valence-electron chi connectivity index (χ1n) is 5.61. The maximum absolute atomic E-state index is 11.0. The van der Waals surface area contributed by atoms with Crippen LogP contribution in [0.15, 0.2) is 16.7 Å². The summed E-state index contributed by atoms with van der Waals surface area (Å²) in [4.78, 5) is 23.7.